The number of nitrogens with one attached hydrogen (secondary N) is 1. The van der Waals surface area contributed by atoms with Gasteiger partial charge in [0.05, 0.1) is 0 Å². The molecule has 1 atom stereocenters. The van der Waals surface area contributed by atoms with Gasteiger partial charge in [-0.1, -0.05) is 43.2 Å². The molecule has 26 heavy (non-hydrogen) atoms. The van der Waals surface area contributed by atoms with Crippen molar-refractivity contribution in [1.29, 1.82) is 0 Å². The number of hydrogen-bond donors (Lipinski definition) is 1. The second-order valence-electron chi connectivity index (χ2n) is 7.63. The highest BCUT2D eigenvalue weighted by Gasteiger charge is 2.33. The maximum Gasteiger partial charge on any atom is 0.317 e. The Hall–Kier alpha value is -2.36. The van der Waals surface area contributed by atoms with E-state index in [9.17, 15) is 4.79 Å². The van der Waals surface area contributed by atoms with Crippen LogP contribution in [0.5, 0.6) is 0 Å². The Morgan fingerprint density at radius 1 is 1.08 bits per heavy atom. The average molecular weight is 349 g/mol. The first-order valence-corrected chi connectivity index (χ1v) is 9.79. The molecule has 0 radical (unpaired) electrons. The van der Waals surface area contributed by atoms with Gasteiger partial charge in [-0.05, 0) is 42.0 Å². The van der Waals surface area contributed by atoms with Crippen LogP contribution in [0.2, 0.25) is 0 Å². The Balaban J connectivity index is 1.32. The van der Waals surface area contributed by atoms with E-state index in [2.05, 4.69) is 40.6 Å². The Morgan fingerprint density at radius 2 is 1.77 bits per heavy atom. The average Bonchev–Trinajstić information content (AvgIpc) is 3.17. The zero-order valence-corrected chi connectivity index (χ0v) is 15.2. The first kappa shape index (κ1) is 17.1. The zero-order chi connectivity index (χ0) is 17.8. The molecule has 1 aromatic carbocycles. The SMILES string of the molecule is O=C(NC[C@H](c1ccccc1)C1CCCC1)N1CC(c2ccncc2)C1. The first-order valence-electron chi connectivity index (χ1n) is 9.79. The van der Waals surface area contributed by atoms with Gasteiger partial charge in [0.2, 0.25) is 0 Å². The first-order chi connectivity index (χ1) is 12.8. The minimum Gasteiger partial charge on any atom is -0.337 e. The number of amides is 2. The maximum atomic E-state index is 12.6. The number of likely N-dealkylation sites (tertiary alicyclic amines) is 1. The van der Waals surface area contributed by atoms with Crippen molar-refractivity contribution in [1.82, 2.24) is 15.2 Å². The van der Waals surface area contributed by atoms with Gasteiger partial charge < -0.3 is 10.2 Å². The third-order valence-electron chi connectivity index (χ3n) is 6.02. The lowest BCUT2D eigenvalue weighted by molar-refractivity contribution is 0.150. The van der Waals surface area contributed by atoms with Crippen molar-refractivity contribution in [3.8, 4) is 0 Å². The molecule has 2 fully saturated rings. The highest BCUT2D eigenvalue weighted by Crippen LogP contribution is 2.37. The van der Waals surface area contributed by atoms with Crippen LogP contribution in [-0.4, -0.2) is 35.5 Å². The van der Waals surface area contributed by atoms with Gasteiger partial charge in [0.25, 0.3) is 0 Å². The van der Waals surface area contributed by atoms with Crippen molar-refractivity contribution in [3.63, 3.8) is 0 Å². The summed E-state index contributed by atoms with van der Waals surface area (Å²) in [5.74, 6) is 1.57. The van der Waals surface area contributed by atoms with Crippen LogP contribution in [0.1, 0.15) is 48.6 Å². The Labute approximate surface area is 155 Å². The fraction of sp³-hybridized carbons (Fsp3) is 0.455. The van der Waals surface area contributed by atoms with Crippen molar-refractivity contribution in [2.75, 3.05) is 19.6 Å². The van der Waals surface area contributed by atoms with Crippen molar-refractivity contribution in [2.45, 2.75) is 37.5 Å². The van der Waals surface area contributed by atoms with Crippen molar-refractivity contribution in [3.05, 3.63) is 66.0 Å². The molecule has 1 aromatic heterocycles. The van der Waals surface area contributed by atoms with Crippen LogP contribution in [0.15, 0.2) is 54.9 Å². The summed E-state index contributed by atoms with van der Waals surface area (Å²) < 4.78 is 0. The van der Waals surface area contributed by atoms with Gasteiger partial charge in [-0.3, -0.25) is 4.98 Å². The Morgan fingerprint density at radius 3 is 2.46 bits per heavy atom. The van der Waals surface area contributed by atoms with Crippen LogP contribution < -0.4 is 5.32 Å². The lowest BCUT2D eigenvalue weighted by Crippen LogP contribution is -2.53. The van der Waals surface area contributed by atoms with Gasteiger partial charge in [0.15, 0.2) is 0 Å². The number of pyridine rings is 1. The number of hydrogen-bond acceptors (Lipinski definition) is 2. The number of rotatable bonds is 5. The molecule has 1 N–H and O–H groups in total. The van der Waals surface area contributed by atoms with Crippen LogP contribution in [0.25, 0.3) is 0 Å². The van der Waals surface area contributed by atoms with E-state index in [0.717, 1.165) is 19.6 Å². The summed E-state index contributed by atoms with van der Waals surface area (Å²) in [7, 11) is 0. The van der Waals surface area contributed by atoms with E-state index in [1.807, 2.05) is 29.4 Å². The summed E-state index contributed by atoms with van der Waals surface area (Å²) in [6, 6.07) is 14.9. The third-order valence-corrected chi connectivity index (χ3v) is 6.02. The molecule has 2 amide bonds. The largest absolute Gasteiger partial charge is 0.337 e. The van der Waals surface area contributed by atoms with Gasteiger partial charge in [-0.2, -0.15) is 0 Å². The molecule has 4 heteroatoms. The molecule has 0 unspecified atom stereocenters. The van der Waals surface area contributed by atoms with Crippen LogP contribution in [-0.2, 0) is 0 Å². The van der Waals surface area contributed by atoms with Gasteiger partial charge in [-0.25, -0.2) is 4.79 Å². The molecule has 1 aliphatic heterocycles. The summed E-state index contributed by atoms with van der Waals surface area (Å²) in [5.41, 5.74) is 2.63. The van der Waals surface area contributed by atoms with Crippen LogP contribution in [0, 0.1) is 5.92 Å². The normalized spacial score (nSPS) is 19.2. The predicted octanol–water partition coefficient (Wildman–Crippen LogP) is 4.16. The molecule has 4 rings (SSSR count). The van der Waals surface area contributed by atoms with Gasteiger partial charge in [0, 0.05) is 43.9 Å². The second-order valence-corrected chi connectivity index (χ2v) is 7.63. The fourth-order valence-corrected chi connectivity index (χ4v) is 4.42. The Kier molecular flexibility index (Phi) is 5.19. The smallest absolute Gasteiger partial charge is 0.317 e. The molecular weight excluding hydrogens is 322 g/mol. The lowest BCUT2D eigenvalue weighted by atomic mass is 9.85. The van der Waals surface area contributed by atoms with E-state index in [0.29, 0.717) is 17.8 Å². The number of carbonyl (C=O) groups is 1. The molecule has 0 spiro atoms. The molecule has 2 aromatic rings. The molecule has 1 saturated heterocycles. The zero-order valence-electron chi connectivity index (χ0n) is 15.2. The number of nitrogens with zero attached hydrogens (tertiary/aromatic N) is 2. The van der Waals surface area contributed by atoms with E-state index in [1.54, 1.807) is 0 Å². The molecule has 1 aliphatic carbocycles. The van der Waals surface area contributed by atoms with Crippen LogP contribution in [0.4, 0.5) is 4.79 Å². The van der Waals surface area contributed by atoms with E-state index >= 15 is 0 Å². The number of urea groups is 1. The highest BCUT2D eigenvalue weighted by molar-refractivity contribution is 5.75. The van der Waals surface area contributed by atoms with E-state index < -0.39 is 0 Å². The molecule has 136 valence electrons. The van der Waals surface area contributed by atoms with Gasteiger partial charge >= 0.3 is 6.03 Å². The van der Waals surface area contributed by atoms with E-state index in [-0.39, 0.29) is 6.03 Å². The highest BCUT2D eigenvalue weighted by atomic mass is 16.2. The van der Waals surface area contributed by atoms with Crippen LogP contribution in [0.3, 0.4) is 0 Å². The minimum atomic E-state index is 0.0780. The summed E-state index contributed by atoms with van der Waals surface area (Å²) in [4.78, 5) is 18.5. The van der Waals surface area contributed by atoms with Crippen molar-refractivity contribution >= 4 is 6.03 Å². The fourth-order valence-electron chi connectivity index (χ4n) is 4.42. The van der Waals surface area contributed by atoms with Crippen molar-refractivity contribution < 1.29 is 4.79 Å². The summed E-state index contributed by atoms with van der Waals surface area (Å²) in [5, 5.41) is 3.21. The van der Waals surface area contributed by atoms with Gasteiger partial charge in [0.1, 0.15) is 0 Å². The summed E-state index contributed by atoms with van der Waals surface area (Å²) in [6.07, 6.45) is 8.85. The number of benzene rings is 1. The standard InChI is InChI=1S/C22H27N3O/c26-22(25-15-20(16-25)17-10-12-23-13-11-17)24-14-21(19-8-4-5-9-19)18-6-2-1-3-7-18/h1-3,6-7,10-13,19-21H,4-5,8-9,14-16H2,(H,24,26)/t21-/m1/s1. The predicted molar refractivity (Wildman–Crippen MR) is 103 cm³/mol. The molecule has 1 saturated carbocycles. The lowest BCUT2D eigenvalue weighted by Gasteiger charge is -2.39. The monoisotopic (exact) mass is 349 g/mol. The minimum absolute atomic E-state index is 0.0780. The molecule has 2 aliphatic rings. The van der Waals surface area contributed by atoms with Crippen molar-refractivity contribution in [2.24, 2.45) is 5.92 Å². The van der Waals surface area contributed by atoms with E-state index in [1.165, 1.54) is 36.8 Å². The maximum absolute atomic E-state index is 12.6. The van der Waals surface area contributed by atoms with Crippen LogP contribution >= 0.6 is 0 Å². The second kappa shape index (κ2) is 7.90. The Bertz CT molecular complexity index is 707. The number of aromatic nitrogens is 1. The topological polar surface area (TPSA) is 45.2 Å². The quantitative estimate of drug-likeness (QED) is 0.881. The number of carbonyl (C=O) groups excluding carboxylic acids is 1. The van der Waals surface area contributed by atoms with E-state index in [4.69, 9.17) is 0 Å². The molecule has 4 nitrogen and oxygen atoms in total. The summed E-state index contributed by atoms with van der Waals surface area (Å²) >= 11 is 0. The van der Waals surface area contributed by atoms with Gasteiger partial charge in [-0.15, -0.1) is 0 Å². The summed E-state index contributed by atoms with van der Waals surface area (Å²) in [6.45, 7) is 2.34. The molecule has 2 heterocycles. The molecular formula is C22H27N3O. The third kappa shape index (κ3) is 3.74. The molecule has 0 bridgehead atoms.